The van der Waals surface area contributed by atoms with Crippen LogP contribution in [0.1, 0.15) is 19.8 Å². The molecule has 2 saturated heterocycles. The summed E-state index contributed by atoms with van der Waals surface area (Å²) in [7, 11) is 0. The molecule has 0 saturated carbocycles. The highest BCUT2D eigenvalue weighted by Crippen LogP contribution is 2.41. The number of hydrogen-bond donors (Lipinski definition) is 5. The molecule has 2 heterocycles. The van der Waals surface area contributed by atoms with E-state index in [2.05, 4.69) is 14.2 Å². The maximum absolute atomic E-state index is 11.9. The molecule has 0 amide bonds. The van der Waals surface area contributed by atoms with Crippen LogP contribution >= 0.6 is 0 Å². The van der Waals surface area contributed by atoms with Crippen molar-refractivity contribution in [2.75, 3.05) is 0 Å². The molecular weight excluding hydrogens is 294 g/mol. The van der Waals surface area contributed by atoms with Gasteiger partial charge in [-0.3, -0.25) is 15.3 Å². The van der Waals surface area contributed by atoms with Gasteiger partial charge in [0.1, 0.15) is 0 Å². The minimum atomic E-state index is -3.92. The molecule has 0 aromatic carbocycles. The highest BCUT2D eigenvalue weighted by Gasteiger charge is 2.71. The van der Waals surface area contributed by atoms with Gasteiger partial charge >= 0.3 is 35.4 Å². The summed E-state index contributed by atoms with van der Waals surface area (Å²) in [6.45, 7) is 0.755. The van der Waals surface area contributed by atoms with Crippen molar-refractivity contribution >= 4 is 17.9 Å². The third kappa shape index (κ3) is 2.15. The summed E-state index contributed by atoms with van der Waals surface area (Å²) in [5.74, 6) is -10.8. The molecule has 11 nitrogen and oxygen atoms in total. The van der Waals surface area contributed by atoms with Crippen molar-refractivity contribution < 1.29 is 49.0 Å². The maximum atomic E-state index is 11.9. The van der Waals surface area contributed by atoms with Gasteiger partial charge in [0.25, 0.3) is 0 Å². The molecule has 2 fully saturated rings. The van der Waals surface area contributed by atoms with Crippen LogP contribution in [-0.2, 0) is 28.6 Å². The van der Waals surface area contributed by atoms with Gasteiger partial charge < -0.3 is 34.6 Å². The quantitative estimate of drug-likeness (QED) is 0.236. The van der Waals surface area contributed by atoms with E-state index in [9.17, 15) is 34.8 Å². The molecular formula is C10H13NO10. The van der Waals surface area contributed by atoms with Crippen molar-refractivity contribution in [2.45, 2.75) is 42.9 Å². The summed E-state index contributed by atoms with van der Waals surface area (Å²) in [4.78, 5) is 35.2. The van der Waals surface area contributed by atoms with Crippen LogP contribution in [0.2, 0.25) is 0 Å². The minimum absolute atomic E-state index is 0.755. The molecule has 0 spiro atoms. The molecule has 2 rings (SSSR count). The monoisotopic (exact) mass is 307 g/mol. The third-order valence-corrected chi connectivity index (χ3v) is 3.30. The van der Waals surface area contributed by atoms with E-state index in [1.54, 1.807) is 0 Å². The highest BCUT2D eigenvalue weighted by molar-refractivity contribution is 5.92. The predicted molar refractivity (Wildman–Crippen MR) is 57.2 cm³/mol. The Morgan fingerprint density at radius 1 is 1.05 bits per heavy atom. The summed E-state index contributed by atoms with van der Waals surface area (Å²) in [5.41, 5.74) is -0.370. The Labute approximate surface area is 116 Å². The standard InChI is InChI=1S/C10H13NO10/c1-7-9(11,10(16,17)18)20-5(13)3-8(15,6(14)21-7)2-4(12)19-7/h15-18H,2-3,11H2,1H3. The molecule has 0 aromatic rings. The van der Waals surface area contributed by atoms with Gasteiger partial charge in [0.2, 0.25) is 0 Å². The average molecular weight is 307 g/mol. The zero-order valence-electron chi connectivity index (χ0n) is 10.7. The van der Waals surface area contributed by atoms with Crippen molar-refractivity contribution in [3.63, 3.8) is 0 Å². The summed E-state index contributed by atoms with van der Waals surface area (Å²) in [6, 6.07) is 0. The lowest BCUT2D eigenvalue weighted by atomic mass is 9.94. The Kier molecular flexibility index (Phi) is 3.05. The Balaban J connectivity index is 2.66. The summed E-state index contributed by atoms with van der Waals surface area (Å²) in [5, 5.41) is 37.9. The van der Waals surface area contributed by atoms with Crippen LogP contribution in [0.5, 0.6) is 0 Å². The molecule has 2 aliphatic rings. The number of ether oxygens (including phenoxy) is 3. The number of nitrogens with two attached hydrogens (primary N) is 1. The van der Waals surface area contributed by atoms with E-state index in [1.807, 2.05) is 0 Å². The molecule has 21 heavy (non-hydrogen) atoms. The second-order valence-electron chi connectivity index (χ2n) is 5.04. The summed E-state index contributed by atoms with van der Waals surface area (Å²) < 4.78 is 13.8. The fourth-order valence-electron chi connectivity index (χ4n) is 2.06. The van der Waals surface area contributed by atoms with E-state index in [1.165, 1.54) is 0 Å². The lowest BCUT2D eigenvalue weighted by molar-refractivity contribution is -0.444. The molecule has 6 N–H and O–H groups in total. The number of hydrogen-bond acceptors (Lipinski definition) is 11. The predicted octanol–water partition coefficient (Wildman–Crippen LogP) is -3.84. The fourth-order valence-corrected chi connectivity index (χ4v) is 2.06. The Morgan fingerprint density at radius 3 is 2.00 bits per heavy atom. The zero-order valence-corrected chi connectivity index (χ0v) is 10.7. The second kappa shape index (κ2) is 4.11. The van der Waals surface area contributed by atoms with Gasteiger partial charge in [-0.2, -0.15) is 0 Å². The molecule has 0 aliphatic carbocycles. The first-order valence-electron chi connectivity index (χ1n) is 5.68. The molecule has 2 bridgehead atoms. The molecule has 0 radical (unpaired) electrons. The van der Waals surface area contributed by atoms with Crippen LogP contribution in [0.15, 0.2) is 0 Å². The van der Waals surface area contributed by atoms with Crippen molar-refractivity contribution in [3.8, 4) is 0 Å². The summed E-state index contributed by atoms with van der Waals surface area (Å²) in [6.07, 6.45) is -2.01. The van der Waals surface area contributed by atoms with Crippen LogP contribution in [0.4, 0.5) is 0 Å². The first-order valence-corrected chi connectivity index (χ1v) is 5.68. The van der Waals surface area contributed by atoms with E-state index in [0.29, 0.717) is 0 Å². The van der Waals surface area contributed by atoms with Gasteiger partial charge in [-0.25, -0.2) is 4.79 Å². The maximum Gasteiger partial charge on any atom is 0.342 e. The number of cyclic esters (lactones) is 1. The lowest BCUT2D eigenvalue weighted by Crippen LogP contribution is -2.77. The van der Waals surface area contributed by atoms with Crippen LogP contribution < -0.4 is 5.73 Å². The Morgan fingerprint density at radius 2 is 1.52 bits per heavy atom. The zero-order chi connectivity index (χ0) is 16.3. The van der Waals surface area contributed by atoms with E-state index < -0.39 is 53.8 Å². The van der Waals surface area contributed by atoms with E-state index >= 15 is 0 Å². The molecule has 118 valence electrons. The number of fused-ring (bicyclic) bond motifs is 3. The topological polar surface area (TPSA) is 186 Å². The fraction of sp³-hybridized carbons (Fsp3) is 0.700. The van der Waals surface area contributed by atoms with Crippen molar-refractivity contribution in [2.24, 2.45) is 5.73 Å². The number of aliphatic hydroxyl groups is 4. The molecule has 2 aliphatic heterocycles. The van der Waals surface area contributed by atoms with Gasteiger partial charge in [-0.1, -0.05) is 0 Å². The van der Waals surface area contributed by atoms with Crippen LogP contribution in [-0.4, -0.2) is 61.4 Å². The van der Waals surface area contributed by atoms with E-state index in [4.69, 9.17) is 5.73 Å². The first kappa shape index (κ1) is 15.6. The molecule has 3 atom stereocenters. The average Bonchev–Trinajstić information content (AvgIpc) is 2.30. The third-order valence-electron chi connectivity index (χ3n) is 3.30. The van der Waals surface area contributed by atoms with Gasteiger partial charge in [-0.05, 0) is 0 Å². The van der Waals surface area contributed by atoms with Crippen molar-refractivity contribution in [1.82, 2.24) is 0 Å². The van der Waals surface area contributed by atoms with Gasteiger partial charge in [0.05, 0.1) is 12.8 Å². The van der Waals surface area contributed by atoms with Crippen LogP contribution in [0.3, 0.4) is 0 Å². The van der Waals surface area contributed by atoms with Crippen LogP contribution in [0, 0.1) is 0 Å². The summed E-state index contributed by atoms with van der Waals surface area (Å²) >= 11 is 0. The molecule has 0 aromatic heterocycles. The second-order valence-corrected chi connectivity index (χ2v) is 5.04. The SMILES string of the molecule is CC12OC(=O)CC(O)(CC(=O)OC1(N)C(O)(O)O)C(=O)O2. The largest absolute Gasteiger partial charge is 0.427 e. The molecule has 11 heteroatoms. The minimum Gasteiger partial charge on any atom is -0.427 e. The van der Waals surface area contributed by atoms with Crippen LogP contribution in [0.25, 0.3) is 0 Å². The Hall–Kier alpha value is -1.79. The van der Waals surface area contributed by atoms with Crippen molar-refractivity contribution in [1.29, 1.82) is 0 Å². The first-order chi connectivity index (χ1) is 9.33. The van der Waals surface area contributed by atoms with Gasteiger partial charge in [0, 0.05) is 6.92 Å². The normalized spacial score (nSPS) is 40.6. The number of carbonyl (C=O) groups excluding carboxylic acids is 3. The lowest BCUT2D eigenvalue weighted by Gasteiger charge is -2.46. The van der Waals surface area contributed by atoms with Gasteiger partial charge in [0.15, 0.2) is 5.60 Å². The van der Waals surface area contributed by atoms with Crippen molar-refractivity contribution in [3.05, 3.63) is 0 Å². The van der Waals surface area contributed by atoms with Gasteiger partial charge in [-0.15, -0.1) is 0 Å². The smallest absolute Gasteiger partial charge is 0.342 e. The van der Waals surface area contributed by atoms with E-state index in [-0.39, 0.29) is 0 Å². The van der Waals surface area contributed by atoms with E-state index in [0.717, 1.165) is 6.92 Å². The number of rotatable bonds is 1. The molecule has 3 unspecified atom stereocenters. The number of carbonyl (C=O) groups is 3. The number of esters is 3. The highest BCUT2D eigenvalue weighted by atomic mass is 16.8. The Bertz CT molecular complexity index is 526.